The molecule has 3 N–H and O–H groups in total. The molecule has 0 saturated heterocycles. The van der Waals surface area contributed by atoms with E-state index < -0.39 is 10.0 Å². The van der Waals surface area contributed by atoms with Crippen LogP contribution in [0, 0.1) is 0 Å². The molecule has 27 heavy (non-hydrogen) atoms. The van der Waals surface area contributed by atoms with Gasteiger partial charge >= 0.3 is 0 Å². The smallest absolute Gasteiger partial charge is 0.240 e. The van der Waals surface area contributed by atoms with Gasteiger partial charge in [-0.25, -0.2) is 13.1 Å². The molecule has 7 nitrogen and oxygen atoms in total. The van der Waals surface area contributed by atoms with E-state index in [2.05, 4.69) is 4.72 Å². The van der Waals surface area contributed by atoms with Crippen LogP contribution in [0.4, 0.5) is 5.69 Å². The maximum absolute atomic E-state index is 12.3. The minimum absolute atomic E-state index is 0.194. The van der Waals surface area contributed by atoms with Gasteiger partial charge in [0.1, 0.15) is 6.61 Å². The van der Waals surface area contributed by atoms with Crippen LogP contribution >= 0.6 is 0 Å². The SMILES string of the molecule is COc1ccc(CCNS(=O)(=O)c2ccc(N)cc2)cc1OCCN(C)C. The molecular formula is C19H27N3O4S. The van der Waals surface area contributed by atoms with Crippen LogP contribution in [0.5, 0.6) is 11.5 Å². The Morgan fingerprint density at radius 3 is 2.41 bits per heavy atom. The second-order valence-electron chi connectivity index (χ2n) is 6.35. The fourth-order valence-corrected chi connectivity index (χ4v) is 3.42. The van der Waals surface area contributed by atoms with Gasteiger partial charge in [-0.1, -0.05) is 6.07 Å². The third-order valence-corrected chi connectivity index (χ3v) is 5.40. The van der Waals surface area contributed by atoms with E-state index in [0.717, 1.165) is 12.1 Å². The molecule has 2 rings (SSSR count). The number of likely N-dealkylation sites (N-methyl/N-ethyl adjacent to an activating group) is 1. The fraction of sp³-hybridized carbons (Fsp3) is 0.368. The van der Waals surface area contributed by atoms with E-state index in [4.69, 9.17) is 15.2 Å². The van der Waals surface area contributed by atoms with Crippen molar-refractivity contribution in [2.24, 2.45) is 0 Å². The number of nitrogen functional groups attached to an aromatic ring is 1. The first-order valence-corrected chi connectivity index (χ1v) is 10.1. The number of hydrogen-bond acceptors (Lipinski definition) is 6. The summed E-state index contributed by atoms with van der Waals surface area (Å²) in [6.07, 6.45) is 0.530. The monoisotopic (exact) mass is 393 g/mol. The lowest BCUT2D eigenvalue weighted by atomic mass is 10.1. The third-order valence-electron chi connectivity index (χ3n) is 3.92. The topological polar surface area (TPSA) is 93.9 Å². The molecule has 0 fully saturated rings. The summed E-state index contributed by atoms with van der Waals surface area (Å²) < 4.78 is 38.3. The van der Waals surface area contributed by atoms with Crippen LogP contribution in [0.2, 0.25) is 0 Å². The molecule has 148 valence electrons. The highest BCUT2D eigenvalue weighted by atomic mass is 32.2. The van der Waals surface area contributed by atoms with Crippen molar-refractivity contribution in [2.45, 2.75) is 11.3 Å². The lowest BCUT2D eigenvalue weighted by Gasteiger charge is -2.14. The Morgan fingerprint density at radius 1 is 1.07 bits per heavy atom. The van der Waals surface area contributed by atoms with E-state index in [1.807, 2.05) is 37.2 Å². The molecule has 0 saturated carbocycles. The summed E-state index contributed by atoms with van der Waals surface area (Å²) in [6.45, 7) is 1.60. The Balaban J connectivity index is 1.97. The van der Waals surface area contributed by atoms with E-state index in [1.165, 1.54) is 12.1 Å². The zero-order chi connectivity index (χ0) is 19.9. The molecule has 0 atom stereocenters. The number of methoxy groups -OCH3 is 1. The first kappa shape index (κ1) is 21.0. The van der Waals surface area contributed by atoms with Crippen molar-refractivity contribution < 1.29 is 17.9 Å². The van der Waals surface area contributed by atoms with Crippen LogP contribution in [0.15, 0.2) is 47.4 Å². The van der Waals surface area contributed by atoms with Gasteiger partial charge in [-0.3, -0.25) is 0 Å². The van der Waals surface area contributed by atoms with Crippen molar-refractivity contribution in [2.75, 3.05) is 46.6 Å². The van der Waals surface area contributed by atoms with Crippen molar-refractivity contribution >= 4 is 15.7 Å². The van der Waals surface area contributed by atoms with Crippen LogP contribution in [0.25, 0.3) is 0 Å². The molecule has 0 aliphatic heterocycles. The van der Waals surface area contributed by atoms with Gasteiger partial charge in [0, 0.05) is 18.8 Å². The molecule has 0 bridgehead atoms. The van der Waals surface area contributed by atoms with Crippen LogP contribution in [-0.4, -0.2) is 54.2 Å². The summed E-state index contributed by atoms with van der Waals surface area (Å²) in [4.78, 5) is 2.22. The zero-order valence-corrected chi connectivity index (χ0v) is 16.8. The lowest BCUT2D eigenvalue weighted by molar-refractivity contribution is 0.250. The number of benzene rings is 2. The highest BCUT2D eigenvalue weighted by molar-refractivity contribution is 7.89. The Labute approximate surface area is 161 Å². The molecule has 2 aromatic rings. The average Bonchev–Trinajstić information content (AvgIpc) is 2.62. The van der Waals surface area contributed by atoms with Crippen LogP contribution < -0.4 is 19.9 Å². The predicted octanol–water partition coefficient (Wildman–Crippen LogP) is 1.74. The molecule has 0 spiro atoms. The highest BCUT2D eigenvalue weighted by Gasteiger charge is 2.13. The van der Waals surface area contributed by atoms with Crippen LogP contribution in [0.3, 0.4) is 0 Å². The summed E-state index contributed by atoms with van der Waals surface area (Å²) in [5.41, 5.74) is 7.07. The Hall–Kier alpha value is -2.29. The largest absolute Gasteiger partial charge is 0.493 e. The molecular weight excluding hydrogens is 366 g/mol. The summed E-state index contributed by atoms with van der Waals surface area (Å²) in [7, 11) is 1.98. The van der Waals surface area contributed by atoms with Crippen molar-refractivity contribution in [1.29, 1.82) is 0 Å². The molecule has 0 aromatic heterocycles. The number of nitrogens with two attached hydrogens (primary N) is 1. The number of anilines is 1. The molecule has 0 unspecified atom stereocenters. The molecule has 0 heterocycles. The van der Waals surface area contributed by atoms with Crippen molar-refractivity contribution in [3.05, 3.63) is 48.0 Å². The van der Waals surface area contributed by atoms with E-state index in [1.54, 1.807) is 19.2 Å². The number of sulfonamides is 1. The lowest BCUT2D eigenvalue weighted by Crippen LogP contribution is -2.26. The Morgan fingerprint density at radius 2 is 1.78 bits per heavy atom. The molecule has 0 aliphatic rings. The molecule has 0 radical (unpaired) electrons. The number of rotatable bonds is 10. The van der Waals surface area contributed by atoms with Crippen LogP contribution in [-0.2, 0) is 16.4 Å². The molecule has 2 aromatic carbocycles. The second-order valence-corrected chi connectivity index (χ2v) is 8.12. The summed E-state index contributed by atoms with van der Waals surface area (Å²) in [6, 6.07) is 11.7. The normalized spacial score (nSPS) is 11.6. The van der Waals surface area contributed by atoms with Crippen LogP contribution in [0.1, 0.15) is 5.56 Å². The first-order valence-electron chi connectivity index (χ1n) is 8.61. The van der Waals surface area contributed by atoms with Gasteiger partial charge in [0.15, 0.2) is 11.5 Å². The maximum atomic E-state index is 12.3. The van der Waals surface area contributed by atoms with Gasteiger partial charge in [-0.15, -0.1) is 0 Å². The van der Waals surface area contributed by atoms with E-state index >= 15 is 0 Å². The van der Waals surface area contributed by atoms with Gasteiger partial charge < -0.3 is 20.1 Å². The number of nitrogens with one attached hydrogen (secondary N) is 1. The predicted molar refractivity (Wildman–Crippen MR) is 107 cm³/mol. The second kappa shape index (κ2) is 9.59. The van der Waals surface area contributed by atoms with E-state index in [-0.39, 0.29) is 11.4 Å². The maximum Gasteiger partial charge on any atom is 0.240 e. The minimum atomic E-state index is -3.56. The standard InChI is InChI=1S/C19H27N3O4S/c1-22(2)12-13-26-19-14-15(4-9-18(19)25-3)10-11-21-27(23,24)17-7-5-16(20)6-8-17/h4-9,14,21H,10-13,20H2,1-3H3. The summed E-state index contributed by atoms with van der Waals surface area (Å²) in [5, 5.41) is 0. The average molecular weight is 394 g/mol. The summed E-state index contributed by atoms with van der Waals surface area (Å²) >= 11 is 0. The van der Waals surface area contributed by atoms with Gasteiger partial charge in [-0.2, -0.15) is 0 Å². The third kappa shape index (κ3) is 6.42. The quantitative estimate of drug-likeness (QED) is 0.597. The first-order chi connectivity index (χ1) is 12.8. The van der Waals surface area contributed by atoms with Gasteiger partial charge in [0.05, 0.1) is 12.0 Å². The minimum Gasteiger partial charge on any atom is -0.493 e. The van der Waals surface area contributed by atoms with E-state index in [0.29, 0.717) is 30.2 Å². The zero-order valence-electron chi connectivity index (χ0n) is 15.9. The Bertz CT molecular complexity index is 837. The molecule has 0 aliphatic carbocycles. The van der Waals surface area contributed by atoms with Gasteiger partial charge in [-0.05, 0) is 62.5 Å². The number of hydrogen-bond donors (Lipinski definition) is 2. The van der Waals surface area contributed by atoms with Crippen molar-refractivity contribution in [3.8, 4) is 11.5 Å². The van der Waals surface area contributed by atoms with Crippen molar-refractivity contribution in [3.63, 3.8) is 0 Å². The number of nitrogens with zero attached hydrogens (tertiary/aromatic N) is 1. The summed E-state index contributed by atoms with van der Waals surface area (Å²) in [5.74, 6) is 1.30. The highest BCUT2D eigenvalue weighted by Crippen LogP contribution is 2.28. The van der Waals surface area contributed by atoms with E-state index in [9.17, 15) is 8.42 Å². The molecule has 0 amide bonds. The van der Waals surface area contributed by atoms with Gasteiger partial charge in [0.2, 0.25) is 10.0 Å². The fourth-order valence-electron chi connectivity index (χ4n) is 2.39. The van der Waals surface area contributed by atoms with Crippen molar-refractivity contribution in [1.82, 2.24) is 9.62 Å². The van der Waals surface area contributed by atoms with Gasteiger partial charge in [0.25, 0.3) is 0 Å². The Kier molecular flexibility index (Phi) is 7.46. The molecule has 8 heteroatoms. The number of ether oxygens (including phenoxy) is 2.